The summed E-state index contributed by atoms with van der Waals surface area (Å²) in [5.41, 5.74) is 0.443. The summed E-state index contributed by atoms with van der Waals surface area (Å²) in [6.07, 6.45) is 0.787. The molecule has 0 bridgehead atoms. The number of hydrogen-bond acceptors (Lipinski definition) is 6. The number of amides is 3. The van der Waals surface area contributed by atoms with E-state index in [0.29, 0.717) is 30.2 Å². The number of carbonyl (C=O) groups excluding carboxylic acids is 3. The van der Waals surface area contributed by atoms with Gasteiger partial charge in [-0.3, -0.25) is 9.59 Å². The highest BCUT2D eigenvalue weighted by Crippen LogP contribution is 2.39. The number of fused-ring (bicyclic) bond motifs is 2. The molecule has 3 amide bonds. The molecule has 1 aromatic carbocycles. The third kappa shape index (κ3) is 2.10. The molecule has 2 saturated heterocycles. The van der Waals surface area contributed by atoms with Gasteiger partial charge in [-0.25, -0.2) is 9.69 Å². The number of esters is 1. The number of piperidine rings is 1. The molecule has 2 atom stereocenters. The van der Waals surface area contributed by atoms with E-state index in [1.54, 1.807) is 18.2 Å². The van der Waals surface area contributed by atoms with Gasteiger partial charge in [0.15, 0.2) is 11.5 Å². The van der Waals surface area contributed by atoms with Crippen LogP contribution in [0.5, 0.6) is 11.5 Å². The Balaban J connectivity index is 1.61. The highest BCUT2D eigenvalue weighted by atomic mass is 16.7. The molecule has 0 saturated carbocycles. The number of carbonyl (C=O) groups is 3. The molecule has 3 aliphatic heterocycles. The molecule has 8 heteroatoms. The van der Waals surface area contributed by atoms with Crippen LogP contribution in [-0.2, 0) is 14.3 Å². The van der Waals surface area contributed by atoms with Crippen molar-refractivity contribution in [3.05, 3.63) is 18.2 Å². The van der Waals surface area contributed by atoms with Crippen molar-refractivity contribution >= 4 is 23.6 Å². The Kier molecular flexibility index (Phi) is 3.33. The van der Waals surface area contributed by atoms with E-state index in [0.717, 1.165) is 4.90 Å². The molecule has 3 aliphatic rings. The van der Waals surface area contributed by atoms with Crippen molar-refractivity contribution in [1.82, 2.24) is 4.90 Å². The minimum absolute atomic E-state index is 0.121. The molecule has 0 aromatic heterocycles. The van der Waals surface area contributed by atoms with Gasteiger partial charge in [0.05, 0.1) is 18.7 Å². The highest BCUT2D eigenvalue weighted by Gasteiger charge is 2.50. The van der Waals surface area contributed by atoms with Crippen LogP contribution >= 0.6 is 0 Å². The van der Waals surface area contributed by atoms with Crippen LogP contribution in [0.4, 0.5) is 10.5 Å². The Hall–Kier alpha value is -2.77. The van der Waals surface area contributed by atoms with E-state index in [1.807, 2.05) is 0 Å². The Labute approximate surface area is 137 Å². The zero-order valence-electron chi connectivity index (χ0n) is 13.1. The summed E-state index contributed by atoms with van der Waals surface area (Å²) in [4.78, 5) is 39.8. The van der Waals surface area contributed by atoms with E-state index >= 15 is 0 Å². The second-order valence-electron chi connectivity index (χ2n) is 5.95. The van der Waals surface area contributed by atoms with Gasteiger partial charge in [0, 0.05) is 12.6 Å². The third-order valence-corrected chi connectivity index (χ3v) is 4.69. The first-order valence-corrected chi connectivity index (χ1v) is 7.72. The Bertz CT molecular complexity index is 733. The van der Waals surface area contributed by atoms with Gasteiger partial charge in [-0.15, -0.1) is 0 Å². The summed E-state index contributed by atoms with van der Waals surface area (Å²) in [5, 5.41) is 0. The molecule has 0 N–H and O–H groups in total. The maximum atomic E-state index is 12.7. The molecule has 3 heterocycles. The van der Waals surface area contributed by atoms with Crippen molar-refractivity contribution in [3.8, 4) is 11.5 Å². The average Bonchev–Trinajstić information content (AvgIpc) is 3.16. The Morgan fingerprint density at radius 3 is 2.83 bits per heavy atom. The van der Waals surface area contributed by atoms with E-state index < -0.39 is 6.04 Å². The first-order valence-electron chi connectivity index (χ1n) is 7.72. The van der Waals surface area contributed by atoms with Crippen LogP contribution in [0.2, 0.25) is 0 Å². The van der Waals surface area contributed by atoms with Gasteiger partial charge in [-0.1, -0.05) is 0 Å². The largest absolute Gasteiger partial charge is 0.469 e. The molecule has 2 fully saturated rings. The second kappa shape index (κ2) is 5.40. The van der Waals surface area contributed by atoms with Crippen LogP contribution in [0.15, 0.2) is 18.2 Å². The van der Waals surface area contributed by atoms with Gasteiger partial charge in [0.1, 0.15) is 6.04 Å². The number of ether oxygens (including phenoxy) is 3. The van der Waals surface area contributed by atoms with Gasteiger partial charge in [-0.05, 0) is 25.0 Å². The van der Waals surface area contributed by atoms with Gasteiger partial charge in [0.25, 0.3) is 5.91 Å². The molecule has 4 rings (SSSR count). The van der Waals surface area contributed by atoms with Crippen molar-refractivity contribution in [3.63, 3.8) is 0 Å². The van der Waals surface area contributed by atoms with E-state index in [4.69, 9.17) is 14.2 Å². The molecule has 0 aliphatic carbocycles. The van der Waals surface area contributed by atoms with Crippen LogP contribution in [0.1, 0.15) is 12.8 Å². The summed E-state index contributed by atoms with van der Waals surface area (Å²) >= 11 is 0. The average molecular weight is 332 g/mol. The molecule has 8 nitrogen and oxygen atoms in total. The maximum absolute atomic E-state index is 12.7. The van der Waals surface area contributed by atoms with Crippen LogP contribution in [0, 0.1) is 5.92 Å². The maximum Gasteiger partial charge on any atom is 0.332 e. The van der Waals surface area contributed by atoms with Gasteiger partial charge < -0.3 is 19.1 Å². The summed E-state index contributed by atoms with van der Waals surface area (Å²) in [6.45, 7) is 0.478. The summed E-state index contributed by atoms with van der Waals surface area (Å²) in [5.74, 6) is 0.0698. The molecule has 2 unspecified atom stereocenters. The number of rotatable bonds is 2. The Morgan fingerprint density at radius 2 is 2.04 bits per heavy atom. The number of hydrogen-bond donors (Lipinski definition) is 0. The van der Waals surface area contributed by atoms with Crippen molar-refractivity contribution in [2.75, 3.05) is 25.3 Å². The molecule has 126 valence electrons. The second-order valence-corrected chi connectivity index (χ2v) is 5.95. The van der Waals surface area contributed by atoms with Crippen molar-refractivity contribution in [1.29, 1.82) is 0 Å². The fraction of sp³-hybridized carbons (Fsp3) is 0.438. The predicted molar refractivity (Wildman–Crippen MR) is 80.7 cm³/mol. The molecule has 0 radical (unpaired) electrons. The summed E-state index contributed by atoms with van der Waals surface area (Å²) < 4.78 is 15.3. The Morgan fingerprint density at radius 1 is 1.25 bits per heavy atom. The lowest BCUT2D eigenvalue weighted by Crippen LogP contribution is -2.44. The van der Waals surface area contributed by atoms with Gasteiger partial charge in [-0.2, -0.15) is 0 Å². The summed E-state index contributed by atoms with van der Waals surface area (Å²) in [7, 11) is 1.33. The summed E-state index contributed by atoms with van der Waals surface area (Å²) in [6, 6.07) is 3.95. The van der Waals surface area contributed by atoms with E-state index in [9.17, 15) is 14.4 Å². The van der Waals surface area contributed by atoms with E-state index in [2.05, 4.69) is 0 Å². The standard InChI is InChI=1S/C16H16N2O6/c1-22-15(20)9-4-5-17-11(6-9)14(19)18(16(17)21)10-2-3-12-13(7-10)24-8-23-12/h2-3,7,9,11H,4-6,8H2,1H3. The molecule has 24 heavy (non-hydrogen) atoms. The monoisotopic (exact) mass is 332 g/mol. The fourth-order valence-electron chi connectivity index (χ4n) is 3.44. The minimum atomic E-state index is -0.624. The topological polar surface area (TPSA) is 85.4 Å². The number of imide groups is 1. The molecule has 0 spiro atoms. The van der Waals surface area contributed by atoms with Crippen molar-refractivity contribution in [2.24, 2.45) is 5.92 Å². The van der Waals surface area contributed by atoms with Crippen molar-refractivity contribution in [2.45, 2.75) is 18.9 Å². The molecule has 1 aromatic rings. The normalized spacial score (nSPS) is 25.0. The smallest absolute Gasteiger partial charge is 0.332 e. The molecular weight excluding hydrogens is 316 g/mol. The lowest BCUT2D eigenvalue weighted by molar-refractivity contribution is -0.147. The van der Waals surface area contributed by atoms with Crippen LogP contribution in [0.25, 0.3) is 0 Å². The minimum Gasteiger partial charge on any atom is -0.469 e. The zero-order valence-corrected chi connectivity index (χ0v) is 13.1. The van der Waals surface area contributed by atoms with Crippen LogP contribution in [-0.4, -0.2) is 49.3 Å². The molecular formula is C16H16N2O6. The first kappa shape index (κ1) is 14.8. The number of methoxy groups -OCH3 is 1. The highest BCUT2D eigenvalue weighted by molar-refractivity contribution is 6.21. The van der Waals surface area contributed by atoms with Crippen molar-refractivity contribution < 1.29 is 28.6 Å². The van der Waals surface area contributed by atoms with Crippen LogP contribution in [0.3, 0.4) is 0 Å². The number of anilines is 1. The lowest BCUT2D eigenvalue weighted by atomic mass is 9.91. The van der Waals surface area contributed by atoms with E-state index in [1.165, 1.54) is 12.0 Å². The van der Waals surface area contributed by atoms with Gasteiger partial charge >= 0.3 is 12.0 Å². The number of nitrogens with zero attached hydrogens (tertiary/aromatic N) is 2. The quantitative estimate of drug-likeness (QED) is 0.596. The number of benzene rings is 1. The fourth-order valence-corrected chi connectivity index (χ4v) is 3.44. The SMILES string of the molecule is COC(=O)C1CCN2C(=O)N(c3ccc4c(c3)OCO4)C(=O)C2C1. The first-order chi connectivity index (χ1) is 11.6. The van der Waals surface area contributed by atoms with Crippen LogP contribution < -0.4 is 14.4 Å². The van der Waals surface area contributed by atoms with E-state index in [-0.39, 0.29) is 37.0 Å². The predicted octanol–water partition coefficient (Wildman–Crippen LogP) is 1.14. The lowest BCUT2D eigenvalue weighted by Gasteiger charge is -2.30. The number of urea groups is 1. The third-order valence-electron chi connectivity index (χ3n) is 4.69. The van der Waals surface area contributed by atoms with Gasteiger partial charge in [0.2, 0.25) is 6.79 Å². The zero-order chi connectivity index (χ0) is 16.8.